The van der Waals surface area contributed by atoms with Gasteiger partial charge in [0.2, 0.25) is 0 Å². The molecule has 0 aliphatic carbocycles. The second-order valence-electron chi connectivity index (χ2n) is 4.81. The summed E-state index contributed by atoms with van der Waals surface area (Å²) in [5.41, 5.74) is 2.95. The Morgan fingerprint density at radius 1 is 1.05 bits per heavy atom. The van der Waals surface area contributed by atoms with Crippen LogP contribution < -0.4 is 5.76 Å². The second-order valence-corrected chi connectivity index (χ2v) is 4.81. The predicted molar refractivity (Wildman–Crippen MR) is 77.4 cm³/mol. The zero-order valence-corrected chi connectivity index (χ0v) is 11.2. The first-order chi connectivity index (χ1) is 10.1. The van der Waals surface area contributed by atoms with E-state index in [9.17, 15) is 9.59 Å². The standard InChI is InChI=1S/C16H13NO4/c18-15(19)9-11-5-7-12(8-6-11)10-17-13-3-1-2-4-14(13)21-16(17)20/h1-8H,9-10H2,(H,18,19). The third-order valence-electron chi connectivity index (χ3n) is 3.29. The number of carboxylic acid groups (broad SMARTS) is 1. The van der Waals surface area contributed by atoms with Gasteiger partial charge in [-0.25, -0.2) is 4.79 Å². The van der Waals surface area contributed by atoms with Crippen molar-refractivity contribution in [3.8, 4) is 0 Å². The molecule has 0 aliphatic rings. The number of hydrogen-bond donors (Lipinski definition) is 1. The van der Waals surface area contributed by atoms with Gasteiger partial charge in [-0.3, -0.25) is 9.36 Å². The number of carbonyl (C=O) groups is 1. The lowest BCUT2D eigenvalue weighted by molar-refractivity contribution is -0.136. The number of para-hydroxylation sites is 2. The minimum atomic E-state index is -0.861. The van der Waals surface area contributed by atoms with Gasteiger partial charge in [0.1, 0.15) is 0 Å². The second kappa shape index (κ2) is 5.28. The van der Waals surface area contributed by atoms with Gasteiger partial charge in [-0.2, -0.15) is 0 Å². The molecule has 1 aromatic heterocycles. The zero-order valence-electron chi connectivity index (χ0n) is 11.2. The van der Waals surface area contributed by atoms with Crippen molar-refractivity contribution in [3.63, 3.8) is 0 Å². The maximum atomic E-state index is 11.9. The molecule has 5 heteroatoms. The van der Waals surface area contributed by atoms with Crippen LogP contribution in [0.25, 0.3) is 11.1 Å². The SMILES string of the molecule is O=C(O)Cc1ccc(Cn2c(=O)oc3ccccc32)cc1. The molecule has 1 heterocycles. The zero-order chi connectivity index (χ0) is 14.8. The van der Waals surface area contributed by atoms with Crippen molar-refractivity contribution < 1.29 is 14.3 Å². The Hall–Kier alpha value is -2.82. The molecule has 3 aromatic rings. The normalized spacial score (nSPS) is 10.9. The summed E-state index contributed by atoms with van der Waals surface area (Å²) >= 11 is 0. The molecule has 2 aromatic carbocycles. The quantitative estimate of drug-likeness (QED) is 0.797. The van der Waals surface area contributed by atoms with Gasteiger partial charge in [0, 0.05) is 0 Å². The number of fused-ring (bicyclic) bond motifs is 1. The van der Waals surface area contributed by atoms with Crippen LogP contribution in [0.1, 0.15) is 11.1 Å². The third-order valence-corrected chi connectivity index (χ3v) is 3.29. The fraction of sp³-hybridized carbons (Fsp3) is 0.125. The summed E-state index contributed by atoms with van der Waals surface area (Å²) in [4.78, 5) is 22.5. The number of carboxylic acids is 1. The van der Waals surface area contributed by atoms with Crippen LogP contribution in [-0.4, -0.2) is 15.6 Å². The summed E-state index contributed by atoms with van der Waals surface area (Å²) in [6.45, 7) is 0.392. The average molecular weight is 283 g/mol. The minimum Gasteiger partial charge on any atom is -0.481 e. The molecule has 0 spiro atoms. The molecule has 5 nitrogen and oxygen atoms in total. The molecule has 0 bridgehead atoms. The Bertz CT molecular complexity index is 843. The van der Waals surface area contributed by atoms with E-state index in [1.165, 1.54) is 0 Å². The Labute approximate surface area is 120 Å². The van der Waals surface area contributed by atoms with Crippen molar-refractivity contribution in [2.45, 2.75) is 13.0 Å². The van der Waals surface area contributed by atoms with Gasteiger partial charge in [0.05, 0.1) is 18.5 Å². The highest BCUT2D eigenvalue weighted by Gasteiger charge is 2.09. The molecule has 0 saturated carbocycles. The van der Waals surface area contributed by atoms with Gasteiger partial charge in [0.15, 0.2) is 5.58 Å². The van der Waals surface area contributed by atoms with Crippen molar-refractivity contribution in [1.29, 1.82) is 0 Å². The van der Waals surface area contributed by atoms with E-state index >= 15 is 0 Å². The number of aliphatic carboxylic acids is 1. The minimum absolute atomic E-state index is 0.00509. The number of rotatable bonds is 4. The molecule has 0 radical (unpaired) electrons. The van der Waals surface area contributed by atoms with Crippen LogP contribution in [0.3, 0.4) is 0 Å². The first kappa shape index (κ1) is 13.2. The topological polar surface area (TPSA) is 72.4 Å². The molecule has 0 fully saturated rings. The Morgan fingerprint density at radius 3 is 2.43 bits per heavy atom. The number of oxazole rings is 1. The van der Waals surface area contributed by atoms with Gasteiger partial charge in [-0.1, -0.05) is 36.4 Å². The number of benzene rings is 2. The highest BCUT2D eigenvalue weighted by molar-refractivity contribution is 5.72. The predicted octanol–water partition coefficient (Wildman–Crippen LogP) is 2.27. The Balaban J connectivity index is 1.90. The maximum absolute atomic E-state index is 11.9. The van der Waals surface area contributed by atoms with Crippen LogP contribution >= 0.6 is 0 Å². The smallest absolute Gasteiger partial charge is 0.420 e. The summed E-state index contributed by atoms with van der Waals surface area (Å²) in [6, 6.07) is 14.4. The van der Waals surface area contributed by atoms with E-state index in [2.05, 4.69) is 0 Å². The molecule has 106 valence electrons. The first-order valence-corrected chi connectivity index (χ1v) is 6.51. The molecule has 3 rings (SSSR count). The largest absolute Gasteiger partial charge is 0.481 e. The first-order valence-electron chi connectivity index (χ1n) is 6.51. The Morgan fingerprint density at radius 2 is 1.71 bits per heavy atom. The van der Waals surface area contributed by atoms with E-state index in [1.54, 1.807) is 22.8 Å². The maximum Gasteiger partial charge on any atom is 0.420 e. The summed E-state index contributed by atoms with van der Waals surface area (Å²) in [7, 11) is 0. The van der Waals surface area contributed by atoms with Crippen LogP contribution in [-0.2, 0) is 17.8 Å². The van der Waals surface area contributed by atoms with Crippen molar-refractivity contribution in [3.05, 3.63) is 70.2 Å². The molecule has 1 N–H and O–H groups in total. The molecular weight excluding hydrogens is 270 g/mol. The van der Waals surface area contributed by atoms with Crippen LogP contribution in [0, 0.1) is 0 Å². The monoisotopic (exact) mass is 283 g/mol. The molecule has 0 amide bonds. The summed E-state index contributed by atoms with van der Waals surface area (Å²) in [6.07, 6.45) is -0.00509. The lowest BCUT2D eigenvalue weighted by atomic mass is 10.1. The molecule has 0 atom stereocenters. The van der Waals surface area contributed by atoms with Gasteiger partial charge in [-0.15, -0.1) is 0 Å². The van der Waals surface area contributed by atoms with Gasteiger partial charge in [-0.05, 0) is 23.3 Å². The number of aromatic nitrogens is 1. The summed E-state index contributed by atoms with van der Waals surface area (Å²) < 4.78 is 6.73. The fourth-order valence-corrected chi connectivity index (χ4v) is 2.28. The third kappa shape index (κ3) is 2.72. The van der Waals surface area contributed by atoms with E-state index in [0.717, 1.165) is 16.6 Å². The van der Waals surface area contributed by atoms with Crippen molar-refractivity contribution >= 4 is 17.1 Å². The highest BCUT2D eigenvalue weighted by Crippen LogP contribution is 2.14. The van der Waals surface area contributed by atoms with Crippen LogP contribution in [0.15, 0.2) is 57.7 Å². The van der Waals surface area contributed by atoms with Gasteiger partial charge < -0.3 is 9.52 Å². The van der Waals surface area contributed by atoms with E-state index in [1.807, 2.05) is 30.3 Å². The highest BCUT2D eigenvalue weighted by atomic mass is 16.4. The van der Waals surface area contributed by atoms with E-state index in [4.69, 9.17) is 9.52 Å². The van der Waals surface area contributed by atoms with Crippen molar-refractivity contribution in [2.75, 3.05) is 0 Å². The van der Waals surface area contributed by atoms with Crippen molar-refractivity contribution in [1.82, 2.24) is 4.57 Å². The molecule has 0 saturated heterocycles. The fourth-order valence-electron chi connectivity index (χ4n) is 2.28. The summed E-state index contributed by atoms with van der Waals surface area (Å²) in [5, 5.41) is 8.74. The molecule has 0 aliphatic heterocycles. The van der Waals surface area contributed by atoms with Crippen LogP contribution in [0.5, 0.6) is 0 Å². The van der Waals surface area contributed by atoms with Crippen LogP contribution in [0.4, 0.5) is 0 Å². The molecular formula is C16H13NO4. The van der Waals surface area contributed by atoms with Gasteiger partial charge >= 0.3 is 11.7 Å². The van der Waals surface area contributed by atoms with Crippen LogP contribution in [0.2, 0.25) is 0 Å². The lowest BCUT2D eigenvalue weighted by Crippen LogP contribution is -2.14. The molecule has 0 unspecified atom stereocenters. The number of nitrogens with zero attached hydrogens (tertiary/aromatic N) is 1. The van der Waals surface area contributed by atoms with E-state index in [0.29, 0.717) is 12.1 Å². The van der Waals surface area contributed by atoms with E-state index in [-0.39, 0.29) is 6.42 Å². The number of hydrogen-bond acceptors (Lipinski definition) is 3. The molecule has 21 heavy (non-hydrogen) atoms. The lowest BCUT2D eigenvalue weighted by Gasteiger charge is -2.04. The average Bonchev–Trinajstić information content (AvgIpc) is 2.77. The van der Waals surface area contributed by atoms with Crippen molar-refractivity contribution in [2.24, 2.45) is 0 Å². The summed E-state index contributed by atoms with van der Waals surface area (Å²) in [5.74, 6) is -1.26. The van der Waals surface area contributed by atoms with Gasteiger partial charge in [0.25, 0.3) is 0 Å². The Kier molecular flexibility index (Phi) is 3.31. The van der Waals surface area contributed by atoms with E-state index < -0.39 is 11.7 Å².